The van der Waals surface area contributed by atoms with Gasteiger partial charge < -0.3 is 13.9 Å². The molecule has 0 unspecified atom stereocenters. The van der Waals surface area contributed by atoms with Gasteiger partial charge >= 0.3 is 53.7 Å². The van der Waals surface area contributed by atoms with Crippen LogP contribution in [0.25, 0.3) is 0 Å². The average Bonchev–Trinajstić information content (AvgIpc) is 3.13. The zero-order chi connectivity index (χ0) is 47.6. The van der Waals surface area contributed by atoms with E-state index < -0.39 is 128 Å². The zero-order valence-corrected chi connectivity index (χ0v) is 33.3. The van der Waals surface area contributed by atoms with Crippen LogP contribution in [0.3, 0.4) is 0 Å². The Labute approximate surface area is 336 Å². The Morgan fingerprint density at radius 1 is 0.689 bits per heavy atom. The highest BCUT2D eigenvalue weighted by atomic mass is 28.4. The summed E-state index contributed by atoms with van der Waals surface area (Å²) >= 11 is 0. The molecule has 348 valence electrons. The van der Waals surface area contributed by atoms with Crippen molar-refractivity contribution in [3.8, 4) is 5.75 Å². The average molecular weight is 938 g/mol. The number of halogens is 19. The quantitative estimate of drug-likeness (QED) is 0.0586. The Morgan fingerprint density at radius 3 is 1.61 bits per heavy atom. The molecular weight excluding hydrogens is 899 g/mol. The zero-order valence-electron chi connectivity index (χ0n) is 32.3. The molecule has 0 fully saturated rings. The molecule has 0 aliphatic heterocycles. The van der Waals surface area contributed by atoms with Crippen molar-refractivity contribution in [2.75, 3.05) is 18.5 Å². The van der Waals surface area contributed by atoms with E-state index in [0.29, 0.717) is 11.6 Å². The third-order valence-corrected chi connectivity index (χ3v) is 15.4. The van der Waals surface area contributed by atoms with E-state index in [-0.39, 0.29) is 5.75 Å². The molecule has 2 atom stereocenters. The fraction of sp³-hybridized carbons (Fsp3) is 0.583. The number of carbonyl (C=O) groups is 1. The monoisotopic (exact) mass is 937 g/mol. The summed E-state index contributed by atoms with van der Waals surface area (Å²) in [4.78, 5) is 12.5. The van der Waals surface area contributed by atoms with Crippen LogP contribution in [0.15, 0.2) is 55.1 Å². The van der Waals surface area contributed by atoms with Gasteiger partial charge in [-0.25, -0.2) is 13.6 Å². The maximum absolute atomic E-state index is 14.9. The van der Waals surface area contributed by atoms with E-state index in [1.807, 2.05) is 0 Å². The number of ether oxygens (including phenoxy) is 2. The molecule has 0 saturated carbocycles. The first-order chi connectivity index (χ1) is 27.4. The molecule has 5 nitrogen and oxygen atoms in total. The summed E-state index contributed by atoms with van der Waals surface area (Å²) in [6.07, 6.45) is -11.2. The molecular formula is C36H38F19NO4Si. The summed E-state index contributed by atoms with van der Waals surface area (Å²) in [5, 5.41) is 2.13. The highest BCUT2D eigenvalue weighted by molar-refractivity contribution is 6.76. The Balaban J connectivity index is 2.25. The van der Waals surface area contributed by atoms with Crippen LogP contribution in [0.4, 0.5) is 93.9 Å². The minimum absolute atomic E-state index is 0.0845. The number of carbonyl (C=O) groups excluding carboxylic acids is 1. The van der Waals surface area contributed by atoms with Crippen LogP contribution in [0.1, 0.15) is 52.7 Å². The molecule has 0 aliphatic rings. The van der Waals surface area contributed by atoms with Crippen molar-refractivity contribution < 1.29 is 102 Å². The molecule has 0 aliphatic carbocycles. The first kappa shape index (κ1) is 53.2. The summed E-state index contributed by atoms with van der Waals surface area (Å²) in [5.41, 5.74) is -1.84. The predicted molar refractivity (Wildman–Crippen MR) is 183 cm³/mol. The van der Waals surface area contributed by atoms with E-state index in [1.165, 1.54) is 58.0 Å². The number of benzene rings is 2. The van der Waals surface area contributed by atoms with Gasteiger partial charge in [-0.05, 0) is 47.0 Å². The van der Waals surface area contributed by atoms with E-state index in [2.05, 4.69) is 11.9 Å². The number of amides is 1. The van der Waals surface area contributed by atoms with Crippen molar-refractivity contribution in [1.29, 1.82) is 0 Å². The van der Waals surface area contributed by atoms with Crippen molar-refractivity contribution in [2.45, 2.75) is 112 Å². The minimum Gasteiger partial charge on any atom is -0.491 e. The lowest BCUT2D eigenvalue weighted by Crippen LogP contribution is -2.74. The minimum atomic E-state index is -8.70. The maximum Gasteiger partial charge on any atom is 0.460 e. The van der Waals surface area contributed by atoms with Gasteiger partial charge in [-0.15, -0.1) is 6.58 Å². The highest BCUT2D eigenvalue weighted by Crippen LogP contribution is 2.64. The van der Waals surface area contributed by atoms with E-state index in [9.17, 15) is 88.2 Å². The fourth-order valence-electron chi connectivity index (χ4n) is 5.95. The van der Waals surface area contributed by atoms with E-state index in [0.717, 1.165) is 12.1 Å². The molecule has 0 radical (unpaired) electrons. The van der Waals surface area contributed by atoms with Gasteiger partial charge in [0.1, 0.15) is 30.1 Å². The Morgan fingerprint density at radius 2 is 1.16 bits per heavy atom. The molecule has 2 rings (SSSR count). The van der Waals surface area contributed by atoms with Crippen LogP contribution in [0.2, 0.25) is 17.1 Å². The molecule has 0 heterocycles. The number of hydrogen-bond acceptors (Lipinski definition) is 4. The standard InChI is InChI=1S/C36H38F19NO4Si/c1-7-21(6)27(60-28(57)56-26-13-10-23(37)18-25(26)38)22-8-11-24(12-9-22)58-15-16-59-61(19(2)3,20(4)5)17-14-29(39,40)30(41,42)31(43,44)32(45,46)33(47,48)34(49,50)35(51,52)36(53,54)55/h7-13,18-21,27H,1,14-17H2,2-6H3,(H,56,57)/t21-,27-/m0/s1. The molecule has 0 aromatic heterocycles. The maximum atomic E-state index is 14.9. The molecule has 25 heteroatoms. The first-order valence-electron chi connectivity index (χ1n) is 17.6. The van der Waals surface area contributed by atoms with Crippen LogP contribution in [0, 0.1) is 17.6 Å². The number of rotatable bonds is 21. The summed E-state index contributed by atoms with van der Waals surface area (Å²) < 4.78 is 279. The lowest BCUT2D eigenvalue weighted by molar-refractivity contribution is -0.461. The highest BCUT2D eigenvalue weighted by Gasteiger charge is 2.95. The van der Waals surface area contributed by atoms with Crippen LogP contribution in [0.5, 0.6) is 5.75 Å². The SMILES string of the molecule is C=C[C@H](C)[C@H](OC(=O)Nc1ccc(F)cc1F)c1ccc(OCCO[Si](CCC(F)(F)C(F)(F)C(F)(F)C(F)(F)C(F)(F)C(F)(F)C(F)(F)C(F)(F)F)(C(C)C)C(C)C)cc1. The molecule has 0 saturated heterocycles. The number of hydrogen-bond donors (Lipinski definition) is 1. The van der Waals surface area contributed by atoms with Gasteiger partial charge in [-0.3, -0.25) is 5.32 Å². The van der Waals surface area contributed by atoms with Crippen molar-refractivity contribution >= 4 is 20.1 Å². The van der Waals surface area contributed by atoms with Gasteiger partial charge in [-0.1, -0.05) is 52.8 Å². The fourth-order valence-corrected chi connectivity index (χ4v) is 10.4. The summed E-state index contributed by atoms with van der Waals surface area (Å²) in [6.45, 7) is 9.44. The third kappa shape index (κ3) is 10.2. The molecule has 0 bridgehead atoms. The third-order valence-electron chi connectivity index (χ3n) is 9.75. The van der Waals surface area contributed by atoms with E-state index in [1.54, 1.807) is 6.92 Å². The Bertz CT molecular complexity index is 1800. The Kier molecular flexibility index (Phi) is 16.1. The molecule has 0 spiro atoms. The van der Waals surface area contributed by atoms with Gasteiger partial charge in [0.05, 0.1) is 12.3 Å². The molecule has 1 N–H and O–H groups in total. The first-order valence-corrected chi connectivity index (χ1v) is 19.8. The summed E-state index contributed by atoms with van der Waals surface area (Å²) in [6, 6.07) is 6.52. The van der Waals surface area contributed by atoms with Crippen LogP contribution < -0.4 is 10.1 Å². The summed E-state index contributed by atoms with van der Waals surface area (Å²) in [7, 11) is -4.01. The molecule has 2 aromatic carbocycles. The van der Waals surface area contributed by atoms with Gasteiger partial charge in [-0.2, -0.15) is 74.6 Å². The topological polar surface area (TPSA) is 56.8 Å². The smallest absolute Gasteiger partial charge is 0.460 e. The van der Waals surface area contributed by atoms with Gasteiger partial charge in [0.2, 0.25) is 0 Å². The number of alkyl halides is 17. The van der Waals surface area contributed by atoms with Gasteiger partial charge in [0, 0.05) is 18.4 Å². The molecule has 61 heavy (non-hydrogen) atoms. The lowest BCUT2D eigenvalue weighted by Gasteiger charge is -2.44. The molecule has 2 aromatic rings. The molecule has 1 amide bonds. The van der Waals surface area contributed by atoms with Crippen molar-refractivity contribution in [1.82, 2.24) is 0 Å². The predicted octanol–water partition coefficient (Wildman–Crippen LogP) is 13.6. The Hall–Kier alpha value is -3.90. The van der Waals surface area contributed by atoms with E-state index >= 15 is 0 Å². The lowest BCUT2D eigenvalue weighted by atomic mass is 9.88. The second kappa shape index (κ2) is 18.4. The second-order valence-electron chi connectivity index (χ2n) is 14.3. The number of nitrogens with one attached hydrogen (secondary N) is 1. The van der Waals surface area contributed by atoms with Crippen molar-refractivity contribution in [2.24, 2.45) is 5.92 Å². The normalized spacial score (nSPS) is 15.2. The largest absolute Gasteiger partial charge is 0.491 e. The van der Waals surface area contributed by atoms with Crippen LogP contribution in [-0.2, 0) is 9.16 Å². The van der Waals surface area contributed by atoms with Gasteiger partial charge in [0.25, 0.3) is 0 Å². The van der Waals surface area contributed by atoms with E-state index in [4.69, 9.17) is 13.9 Å². The van der Waals surface area contributed by atoms with Gasteiger partial charge in [0.15, 0.2) is 8.32 Å². The summed E-state index contributed by atoms with van der Waals surface area (Å²) in [5.74, 6) is -59.3. The van der Waals surface area contributed by atoms with Crippen molar-refractivity contribution in [3.05, 3.63) is 72.3 Å². The van der Waals surface area contributed by atoms with Crippen LogP contribution in [-0.4, -0.2) is 75.3 Å². The number of anilines is 1. The van der Waals surface area contributed by atoms with Crippen LogP contribution >= 0.6 is 0 Å². The van der Waals surface area contributed by atoms with Crippen molar-refractivity contribution in [3.63, 3.8) is 0 Å². The second-order valence-corrected chi connectivity index (χ2v) is 19.4.